The molecule has 1 aliphatic rings. The number of phenolic OH excluding ortho intramolecular Hbond substituents is 1. The summed E-state index contributed by atoms with van der Waals surface area (Å²) in [7, 11) is -3.47. The van der Waals surface area contributed by atoms with Gasteiger partial charge in [0.05, 0.1) is 4.90 Å². The van der Waals surface area contributed by atoms with E-state index in [1.807, 2.05) is 0 Å². The minimum atomic E-state index is -3.47. The van der Waals surface area contributed by atoms with Crippen molar-refractivity contribution in [3.63, 3.8) is 0 Å². The molecule has 4 nitrogen and oxygen atoms in total. The topological polar surface area (TPSA) is 66.4 Å². The average molecular weight is 283 g/mol. The summed E-state index contributed by atoms with van der Waals surface area (Å²) in [5.74, 6) is 0.0692. The number of benzene rings is 1. The van der Waals surface area contributed by atoms with Gasteiger partial charge in [0.15, 0.2) is 0 Å². The molecule has 2 N–H and O–H groups in total. The molecule has 0 atom stereocenters. The standard InChI is InChI=1S/C14H21NO3S/c1-2-14(9-3-4-10-14)11-15-19(17,18)13-7-5-12(16)6-8-13/h5-8,15-16H,2-4,9-11H2,1H3. The van der Waals surface area contributed by atoms with Crippen molar-refractivity contribution >= 4 is 10.0 Å². The fourth-order valence-electron chi connectivity index (χ4n) is 2.74. The summed E-state index contributed by atoms with van der Waals surface area (Å²) < 4.78 is 27.1. The fourth-order valence-corrected chi connectivity index (χ4v) is 3.89. The van der Waals surface area contributed by atoms with Gasteiger partial charge in [0.2, 0.25) is 10.0 Å². The van der Waals surface area contributed by atoms with E-state index in [0.29, 0.717) is 6.54 Å². The summed E-state index contributed by atoms with van der Waals surface area (Å²) in [5.41, 5.74) is 0.129. The third kappa shape index (κ3) is 3.28. The number of rotatable bonds is 5. The quantitative estimate of drug-likeness (QED) is 0.873. The second-order valence-corrected chi connectivity index (χ2v) is 7.15. The normalized spacial score (nSPS) is 18.6. The van der Waals surface area contributed by atoms with Crippen LogP contribution in [0.4, 0.5) is 0 Å². The van der Waals surface area contributed by atoms with Gasteiger partial charge in [-0.25, -0.2) is 13.1 Å². The van der Waals surface area contributed by atoms with Gasteiger partial charge in [-0.3, -0.25) is 0 Å². The van der Waals surface area contributed by atoms with E-state index in [9.17, 15) is 13.5 Å². The van der Waals surface area contributed by atoms with E-state index in [-0.39, 0.29) is 16.1 Å². The van der Waals surface area contributed by atoms with Crippen molar-refractivity contribution in [3.8, 4) is 5.75 Å². The molecule has 19 heavy (non-hydrogen) atoms. The predicted octanol–water partition coefficient (Wildman–Crippen LogP) is 2.64. The number of hydrogen-bond acceptors (Lipinski definition) is 3. The van der Waals surface area contributed by atoms with Crippen LogP contribution in [0.15, 0.2) is 29.2 Å². The molecule has 0 radical (unpaired) electrons. The highest BCUT2D eigenvalue weighted by Crippen LogP contribution is 2.40. The third-order valence-corrected chi connectivity index (χ3v) is 5.62. The molecule has 0 aromatic heterocycles. The first kappa shape index (κ1) is 14.3. The van der Waals surface area contributed by atoms with Crippen molar-refractivity contribution < 1.29 is 13.5 Å². The molecule has 1 fully saturated rings. The summed E-state index contributed by atoms with van der Waals surface area (Å²) in [4.78, 5) is 0.203. The molecule has 1 saturated carbocycles. The van der Waals surface area contributed by atoms with Gasteiger partial charge in [-0.15, -0.1) is 0 Å². The van der Waals surface area contributed by atoms with E-state index in [2.05, 4.69) is 11.6 Å². The molecule has 0 heterocycles. The predicted molar refractivity (Wildman–Crippen MR) is 74.5 cm³/mol. The molecular formula is C14H21NO3S. The molecule has 0 saturated heterocycles. The maximum absolute atomic E-state index is 12.2. The first-order chi connectivity index (χ1) is 8.97. The van der Waals surface area contributed by atoms with Crippen LogP contribution in [0.25, 0.3) is 0 Å². The van der Waals surface area contributed by atoms with E-state index in [1.54, 1.807) is 0 Å². The van der Waals surface area contributed by atoms with Gasteiger partial charge in [-0.2, -0.15) is 0 Å². The third-order valence-electron chi connectivity index (χ3n) is 4.20. The Bertz CT molecular complexity index is 516. The van der Waals surface area contributed by atoms with E-state index in [0.717, 1.165) is 19.3 Å². The lowest BCUT2D eigenvalue weighted by Gasteiger charge is -2.27. The van der Waals surface area contributed by atoms with Crippen LogP contribution in [-0.4, -0.2) is 20.1 Å². The Morgan fingerprint density at radius 2 is 1.79 bits per heavy atom. The molecule has 0 aliphatic heterocycles. The van der Waals surface area contributed by atoms with Crippen LogP contribution in [0.5, 0.6) is 5.75 Å². The molecule has 1 aromatic rings. The molecule has 2 rings (SSSR count). The summed E-state index contributed by atoms with van der Waals surface area (Å²) >= 11 is 0. The molecule has 1 aliphatic carbocycles. The lowest BCUT2D eigenvalue weighted by Crippen LogP contribution is -2.35. The van der Waals surface area contributed by atoms with Crippen LogP contribution in [0.1, 0.15) is 39.0 Å². The van der Waals surface area contributed by atoms with Crippen molar-refractivity contribution in [2.75, 3.05) is 6.54 Å². The van der Waals surface area contributed by atoms with Gasteiger partial charge in [-0.05, 0) is 48.9 Å². The zero-order valence-electron chi connectivity index (χ0n) is 11.2. The highest BCUT2D eigenvalue weighted by atomic mass is 32.2. The molecule has 1 aromatic carbocycles. The largest absolute Gasteiger partial charge is 0.508 e. The van der Waals surface area contributed by atoms with E-state index < -0.39 is 10.0 Å². The Balaban J connectivity index is 2.07. The fraction of sp³-hybridized carbons (Fsp3) is 0.571. The van der Waals surface area contributed by atoms with E-state index in [4.69, 9.17) is 0 Å². The Hall–Kier alpha value is -1.07. The van der Waals surface area contributed by atoms with Crippen LogP contribution >= 0.6 is 0 Å². The van der Waals surface area contributed by atoms with Crippen LogP contribution in [-0.2, 0) is 10.0 Å². The maximum Gasteiger partial charge on any atom is 0.240 e. The molecule has 0 spiro atoms. The highest BCUT2D eigenvalue weighted by molar-refractivity contribution is 7.89. The Morgan fingerprint density at radius 1 is 1.21 bits per heavy atom. The zero-order chi connectivity index (χ0) is 13.9. The Kier molecular flexibility index (Phi) is 4.16. The van der Waals surface area contributed by atoms with Crippen molar-refractivity contribution in [3.05, 3.63) is 24.3 Å². The van der Waals surface area contributed by atoms with Crippen LogP contribution < -0.4 is 4.72 Å². The molecule has 0 bridgehead atoms. The first-order valence-electron chi connectivity index (χ1n) is 6.76. The van der Waals surface area contributed by atoms with E-state index >= 15 is 0 Å². The van der Waals surface area contributed by atoms with Crippen LogP contribution in [0, 0.1) is 5.41 Å². The molecule has 106 valence electrons. The maximum atomic E-state index is 12.2. The van der Waals surface area contributed by atoms with Gasteiger partial charge in [0.25, 0.3) is 0 Å². The minimum absolute atomic E-state index is 0.0692. The summed E-state index contributed by atoms with van der Waals surface area (Å²) in [6.45, 7) is 2.63. The smallest absolute Gasteiger partial charge is 0.240 e. The van der Waals surface area contributed by atoms with Crippen molar-refractivity contribution in [1.82, 2.24) is 4.72 Å². The average Bonchev–Trinajstić information content (AvgIpc) is 2.87. The summed E-state index contributed by atoms with van der Waals surface area (Å²) in [6, 6.07) is 5.62. The van der Waals surface area contributed by atoms with Gasteiger partial charge >= 0.3 is 0 Å². The number of aromatic hydroxyl groups is 1. The second-order valence-electron chi connectivity index (χ2n) is 5.38. The molecule has 5 heteroatoms. The van der Waals surface area contributed by atoms with Crippen molar-refractivity contribution in [2.24, 2.45) is 5.41 Å². The monoisotopic (exact) mass is 283 g/mol. The van der Waals surface area contributed by atoms with Crippen LogP contribution in [0.2, 0.25) is 0 Å². The van der Waals surface area contributed by atoms with Gasteiger partial charge < -0.3 is 5.11 Å². The number of phenols is 1. The number of sulfonamides is 1. The second kappa shape index (κ2) is 5.51. The van der Waals surface area contributed by atoms with Gasteiger partial charge in [0, 0.05) is 6.54 Å². The summed E-state index contributed by atoms with van der Waals surface area (Å²) in [5, 5.41) is 9.19. The highest BCUT2D eigenvalue weighted by Gasteiger charge is 2.33. The minimum Gasteiger partial charge on any atom is -0.508 e. The summed E-state index contributed by atoms with van der Waals surface area (Å²) in [6.07, 6.45) is 5.58. The van der Waals surface area contributed by atoms with Crippen molar-refractivity contribution in [2.45, 2.75) is 43.9 Å². The van der Waals surface area contributed by atoms with Gasteiger partial charge in [0.1, 0.15) is 5.75 Å². The lowest BCUT2D eigenvalue weighted by molar-refractivity contribution is 0.285. The van der Waals surface area contributed by atoms with Crippen LogP contribution in [0.3, 0.4) is 0 Å². The molecule has 0 unspecified atom stereocenters. The zero-order valence-corrected chi connectivity index (χ0v) is 12.0. The Labute approximate surface area is 114 Å². The number of nitrogens with one attached hydrogen (secondary N) is 1. The SMILES string of the molecule is CCC1(CNS(=O)(=O)c2ccc(O)cc2)CCCC1. The van der Waals surface area contributed by atoms with Crippen molar-refractivity contribution in [1.29, 1.82) is 0 Å². The lowest BCUT2D eigenvalue weighted by atomic mass is 9.84. The first-order valence-corrected chi connectivity index (χ1v) is 8.24. The number of hydrogen-bond donors (Lipinski definition) is 2. The molecular weight excluding hydrogens is 262 g/mol. The van der Waals surface area contributed by atoms with Gasteiger partial charge in [-0.1, -0.05) is 19.8 Å². The Morgan fingerprint density at radius 3 is 2.32 bits per heavy atom. The molecule has 0 amide bonds. The van der Waals surface area contributed by atoms with E-state index in [1.165, 1.54) is 37.1 Å².